The average molecular weight is 232 g/mol. The molecule has 0 fully saturated rings. The van der Waals surface area contributed by atoms with Crippen molar-refractivity contribution in [3.63, 3.8) is 0 Å². The summed E-state index contributed by atoms with van der Waals surface area (Å²) in [5.41, 5.74) is 1.10. The first-order chi connectivity index (χ1) is 7.79. The third kappa shape index (κ3) is 1.31. The van der Waals surface area contributed by atoms with E-state index in [0.717, 1.165) is 17.9 Å². The number of nitrogens with zero attached hydrogens (tertiary/aromatic N) is 1. The molecule has 0 aromatic heterocycles. The van der Waals surface area contributed by atoms with Crippen LogP contribution in [-0.2, 0) is 15.7 Å². The summed E-state index contributed by atoms with van der Waals surface area (Å²) in [5, 5.41) is 0.185. The fourth-order valence-electron chi connectivity index (χ4n) is 2.38. The molecule has 82 valence electrons. The summed E-state index contributed by atoms with van der Waals surface area (Å²) < 4.78 is 0. The number of amides is 1. The highest BCUT2D eigenvalue weighted by molar-refractivity contribution is 7.98. The Hall–Kier alpha value is -1.22. The Bertz CT molecular complexity index is 469. The van der Waals surface area contributed by atoms with Crippen molar-refractivity contribution in [3.05, 3.63) is 36.4 Å². The van der Waals surface area contributed by atoms with E-state index in [9.17, 15) is 4.79 Å². The predicted molar refractivity (Wildman–Crippen MR) is 67.9 cm³/mol. The summed E-state index contributed by atoms with van der Waals surface area (Å²) in [7, 11) is 1.98. The summed E-state index contributed by atoms with van der Waals surface area (Å²) >= 11 is 0. The van der Waals surface area contributed by atoms with E-state index in [-0.39, 0.29) is 22.1 Å². The van der Waals surface area contributed by atoms with Gasteiger partial charge in [0.15, 0.2) is 4.90 Å². The molecule has 1 aromatic carbocycles. The highest BCUT2D eigenvalue weighted by Gasteiger charge is 2.46. The van der Waals surface area contributed by atoms with Gasteiger partial charge in [-0.25, -0.2) is 0 Å². The molecule has 2 atom stereocenters. The summed E-state index contributed by atoms with van der Waals surface area (Å²) in [6.45, 7) is 0. The zero-order valence-corrected chi connectivity index (χ0v) is 10.0. The number of allylic oxidation sites excluding steroid dienone is 1. The van der Waals surface area contributed by atoms with Crippen molar-refractivity contribution in [2.24, 2.45) is 0 Å². The van der Waals surface area contributed by atoms with E-state index in [1.54, 1.807) is 0 Å². The summed E-state index contributed by atoms with van der Waals surface area (Å²) in [6.07, 6.45) is 5.27. The minimum Gasteiger partial charge on any atom is -0.307 e. The lowest BCUT2D eigenvalue weighted by Gasteiger charge is -2.31. The van der Waals surface area contributed by atoms with E-state index in [1.807, 2.05) is 18.0 Å². The van der Waals surface area contributed by atoms with Gasteiger partial charge in [0.25, 0.3) is 5.91 Å². The third-order valence-corrected chi connectivity index (χ3v) is 5.79. The molecule has 0 N–H and O–H groups in total. The zero-order valence-electron chi connectivity index (χ0n) is 9.22. The standard InChI is InChI=1S/C13H14NOS/c1-14-10-6-2-3-7-11(10)16-9-5-4-8-12(16)13(14)15/h2-7,12H,8-9H2,1H3/q+1. The van der Waals surface area contributed by atoms with E-state index in [2.05, 4.69) is 30.4 Å². The molecule has 2 nitrogen and oxygen atoms in total. The highest BCUT2D eigenvalue weighted by Crippen LogP contribution is 2.37. The normalized spacial score (nSPS) is 27.6. The van der Waals surface area contributed by atoms with Crippen molar-refractivity contribution in [2.75, 3.05) is 17.7 Å². The van der Waals surface area contributed by atoms with Gasteiger partial charge in [0.2, 0.25) is 5.25 Å². The van der Waals surface area contributed by atoms with Crippen LogP contribution in [0.4, 0.5) is 5.69 Å². The molecule has 2 aliphatic heterocycles. The van der Waals surface area contributed by atoms with Crippen LogP contribution in [0.2, 0.25) is 0 Å². The largest absolute Gasteiger partial charge is 0.307 e. The maximum Gasteiger partial charge on any atom is 0.280 e. The number of rotatable bonds is 0. The molecule has 3 heteroatoms. The van der Waals surface area contributed by atoms with Gasteiger partial charge in [0.1, 0.15) is 5.75 Å². The Kier molecular flexibility index (Phi) is 2.28. The molecule has 1 amide bonds. The molecular formula is C13H14NOS+. The van der Waals surface area contributed by atoms with Crippen molar-refractivity contribution in [2.45, 2.75) is 16.6 Å². The third-order valence-electron chi connectivity index (χ3n) is 3.25. The number of hydrogen-bond donors (Lipinski definition) is 0. The number of para-hydroxylation sites is 1. The van der Waals surface area contributed by atoms with Crippen LogP contribution in [0.1, 0.15) is 6.42 Å². The Morgan fingerprint density at radius 1 is 1.31 bits per heavy atom. The van der Waals surface area contributed by atoms with E-state index in [1.165, 1.54) is 4.90 Å². The average Bonchev–Trinajstić information content (AvgIpc) is 2.36. The molecular weight excluding hydrogens is 218 g/mol. The van der Waals surface area contributed by atoms with E-state index in [4.69, 9.17) is 0 Å². The van der Waals surface area contributed by atoms with E-state index >= 15 is 0 Å². The SMILES string of the molecule is CN1C(=O)C2CC=CC[S+]2c2ccccc21. The minimum absolute atomic E-state index is 0.0936. The van der Waals surface area contributed by atoms with Gasteiger partial charge in [0.05, 0.1) is 5.69 Å². The van der Waals surface area contributed by atoms with Crippen LogP contribution in [0.5, 0.6) is 0 Å². The molecule has 0 saturated carbocycles. The molecule has 0 saturated heterocycles. The lowest BCUT2D eigenvalue weighted by molar-refractivity contribution is -0.118. The molecule has 0 bridgehead atoms. The fourth-order valence-corrected chi connectivity index (χ4v) is 4.91. The van der Waals surface area contributed by atoms with Crippen LogP contribution in [0, 0.1) is 0 Å². The number of benzene rings is 1. The monoisotopic (exact) mass is 232 g/mol. The van der Waals surface area contributed by atoms with Crippen LogP contribution in [-0.4, -0.2) is 24.0 Å². The van der Waals surface area contributed by atoms with Crippen molar-refractivity contribution < 1.29 is 4.79 Å². The second-order valence-corrected chi connectivity index (χ2v) is 6.36. The minimum atomic E-state index is 0.0936. The molecule has 16 heavy (non-hydrogen) atoms. The van der Waals surface area contributed by atoms with Gasteiger partial charge < -0.3 is 4.90 Å². The quantitative estimate of drug-likeness (QED) is 0.494. The Morgan fingerprint density at radius 3 is 3.00 bits per heavy atom. The Balaban J connectivity index is 2.15. The van der Waals surface area contributed by atoms with Gasteiger partial charge in [0, 0.05) is 24.4 Å². The highest BCUT2D eigenvalue weighted by atomic mass is 32.2. The summed E-state index contributed by atoms with van der Waals surface area (Å²) in [5.74, 6) is 1.31. The van der Waals surface area contributed by atoms with Crippen molar-refractivity contribution >= 4 is 22.5 Å². The molecule has 2 aliphatic rings. The van der Waals surface area contributed by atoms with Crippen LogP contribution in [0.15, 0.2) is 41.3 Å². The van der Waals surface area contributed by atoms with Crippen molar-refractivity contribution in [1.29, 1.82) is 0 Å². The fraction of sp³-hybridized carbons (Fsp3) is 0.308. The number of fused-ring (bicyclic) bond motifs is 3. The first-order valence-corrected chi connectivity index (χ1v) is 6.96. The number of anilines is 1. The lowest BCUT2D eigenvalue weighted by atomic mass is 10.2. The molecule has 1 aromatic rings. The first-order valence-electron chi connectivity index (χ1n) is 5.50. The molecule has 0 spiro atoms. The van der Waals surface area contributed by atoms with Gasteiger partial charge in [-0.05, 0) is 18.2 Å². The van der Waals surface area contributed by atoms with E-state index in [0.29, 0.717) is 0 Å². The van der Waals surface area contributed by atoms with Gasteiger partial charge in [-0.15, -0.1) is 0 Å². The van der Waals surface area contributed by atoms with Crippen LogP contribution in [0.3, 0.4) is 0 Å². The molecule has 0 radical (unpaired) electrons. The Morgan fingerprint density at radius 2 is 2.12 bits per heavy atom. The molecule has 2 heterocycles. The molecule has 2 unspecified atom stereocenters. The van der Waals surface area contributed by atoms with Gasteiger partial charge in [-0.1, -0.05) is 18.2 Å². The first kappa shape index (κ1) is 9.97. The number of carbonyl (C=O) groups excluding carboxylic acids is 1. The number of hydrogen-bond acceptors (Lipinski definition) is 1. The van der Waals surface area contributed by atoms with Crippen molar-refractivity contribution in [3.8, 4) is 0 Å². The van der Waals surface area contributed by atoms with Crippen LogP contribution in [0.25, 0.3) is 0 Å². The van der Waals surface area contributed by atoms with Gasteiger partial charge in [-0.3, -0.25) is 4.79 Å². The second-order valence-electron chi connectivity index (χ2n) is 4.16. The maximum atomic E-state index is 12.2. The Labute approximate surface area is 98.3 Å². The second kappa shape index (κ2) is 3.67. The summed E-state index contributed by atoms with van der Waals surface area (Å²) in [4.78, 5) is 15.4. The molecule has 0 aliphatic carbocycles. The maximum absolute atomic E-state index is 12.2. The lowest BCUT2D eigenvalue weighted by Crippen LogP contribution is -2.47. The van der Waals surface area contributed by atoms with E-state index < -0.39 is 0 Å². The number of carbonyl (C=O) groups is 1. The van der Waals surface area contributed by atoms with Gasteiger partial charge in [-0.2, -0.15) is 0 Å². The zero-order chi connectivity index (χ0) is 11.1. The molecule has 3 rings (SSSR count). The smallest absolute Gasteiger partial charge is 0.280 e. The predicted octanol–water partition coefficient (Wildman–Crippen LogP) is 1.97. The van der Waals surface area contributed by atoms with Crippen molar-refractivity contribution in [1.82, 2.24) is 0 Å². The van der Waals surface area contributed by atoms with Crippen LogP contribution < -0.4 is 4.90 Å². The summed E-state index contributed by atoms with van der Waals surface area (Å²) in [6, 6.07) is 8.30. The topological polar surface area (TPSA) is 20.3 Å². The van der Waals surface area contributed by atoms with Gasteiger partial charge >= 0.3 is 0 Å². The van der Waals surface area contributed by atoms with Crippen LogP contribution >= 0.6 is 0 Å².